The Morgan fingerprint density at radius 2 is 2.00 bits per heavy atom. The van der Waals surface area contributed by atoms with Crippen LogP contribution < -0.4 is 10.6 Å². The maximum Gasteiger partial charge on any atom is 0.191 e. The molecule has 1 aliphatic carbocycles. The third-order valence-corrected chi connectivity index (χ3v) is 2.79. The minimum absolute atomic E-state index is 0. The standard InChI is InChI=1S/C13H25N3O.HI/c1-4-14-12(15-9-13(2,3)10-17)16-11-7-5-6-8-11;/h5-6,11,17H,4,7-10H2,1-3H3,(H2,14,15,16);1H. The Morgan fingerprint density at radius 1 is 1.39 bits per heavy atom. The van der Waals surface area contributed by atoms with Crippen LogP contribution in [0.5, 0.6) is 0 Å². The van der Waals surface area contributed by atoms with E-state index in [4.69, 9.17) is 0 Å². The highest BCUT2D eigenvalue weighted by atomic mass is 127. The lowest BCUT2D eigenvalue weighted by Gasteiger charge is -2.21. The van der Waals surface area contributed by atoms with Crippen molar-refractivity contribution in [2.45, 2.75) is 39.7 Å². The van der Waals surface area contributed by atoms with E-state index >= 15 is 0 Å². The fourth-order valence-electron chi connectivity index (χ4n) is 1.59. The van der Waals surface area contributed by atoms with Gasteiger partial charge in [-0.05, 0) is 19.8 Å². The maximum atomic E-state index is 9.20. The zero-order valence-corrected chi connectivity index (χ0v) is 13.9. The van der Waals surface area contributed by atoms with Gasteiger partial charge in [0.15, 0.2) is 5.96 Å². The highest BCUT2D eigenvalue weighted by Crippen LogP contribution is 2.14. The minimum Gasteiger partial charge on any atom is -0.396 e. The van der Waals surface area contributed by atoms with Crippen LogP contribution in [0.25, 0.3) is 0 Å². The predicted molar refractivity (Wildman–Crippen MR) is 87.6 cm³/mol. The highest BCUT2D eigenvalue weighted by Gasteiger charge is 2.17. The quantitative estimate of drug-likeness (QED) is 0.301. The van der Waals surface area contributed by atoms with Crippen LogP contribution in [-0.4, -0.2) is 36.8 Å². The molecule has 1 rings (SSSR count). The molecule has 3 N–H and O–H groups in total. The molecule has 1 aliphatic rings. The molecule has 0 radical (unpaired) electrons. The monoisotopic (exact) mass is 367 g/mol. The molecule has 106 valence electrons. The summed E-state index contributed by atoms with van der Waals surface area (Å²) < 4.78 is 0. The first-order valence-electron chi connectivity index (χ1n) is 6.38. The number of aliphatic imine (C=N–C) groups is 1. The number of aliphatic hydroxyl groups excluding tert-OH is 1. The average molecular weight is 367 g/mol. The van der Waals surface area contributed by atoms with Crippen LogP contribution in [-0.2, 0) is 0 Å². The first-order chi connectivity index (χ1) is 8.07. The van der Waals surface area contributed by atoms with Crippen molar-refractivity contribution in [1.29, 1.82) is 0 Å². The largest absolute Gasteiger partial charge is 0.396 e. The Kier molecular flexibility index (Phi) is 8.60. The van der Waals surface area contributed by atoms with E-state index < -0.39 is 0 Å². The SMILES string of the molecule is CCNC(=NCC(C)(C)CO)NC1CC=CC1.I. The number of rotatable bonds is 5. The molecule has 18 heavy (non-hydrogen) atoms. The molecule has 0 aliphatic heterocycles. The van der Waals surface area contributed by atoms with Gasteiger partial charge in [-0.3, -0.25) is 4.99 Å². The summed E-state index contributed by atoms with van der Waals surface area (Å²) in [5.74, 6) is 0.850. The molecule has 0 amide bonds. The number of nitrogens with zero attached hydrogens (tertiary/aromatic N) is 1. The molecule has 0 aromatic rings. The first kappa shape index (κ1) is 17.7. The lowest BCUT2D eigenvalue weighted by atomic mass is 9.95. The van der Waals surface area contributed by atoms with Gasteiger partial charge in [-0.15, -0.1) is 24.0 Å². The second-order valence-corrected chi connectivity index (χ2v) is 5.30. The normalized spacial score (nSPS) is 16.6. The summed E-state index contributed by atoms with van der Waals surface area (Å²) in [5.41, 5.74) is -0.156. The average Bonchev–Trinajstić information content (AvgIpc) is 2.79. The Labute approximate surface area is 127 Å². The maximum absolute atomic E-state index is 9.20. The van der Waals surface area contributed by atoms with Gasteiger partial charge in [0.25, 0.3) is 0 Å². The number of hydrogen-bond donors (Lipinski definition) is 3. The molecule has 0 heterocycles. The van der Waals surface area contributed by atoms with Gasteiger partial charge >= 0.3 is 0 Å². The van der Waals surface area contributed by atoms with Crippen LogP contribution in [0.2, 0.25) is 0 Å². The van der Waals surface area contributed by atoms with Crippen LogP contribution in [0.3, 0.4) is 0 Å². The van der Waals surface area contributed by atoms with E-state index in [0.29, 0.717) is 12.6 Å². The van der Waals surface area contributed by atoms with Crippen molar-refractivity contribution in [1.82, 2.24) is 10.6 Å². The number of nitrogens with one attached hydrogen (secondary N) is 2. The predicted octanol–water partition coefficient (Wildman–Crippen LogP) is 1.90. The second kappa shape index (κ2) is 8.74. The van der Waals surface area contributed by atoms with Gasteiger partial charge in [-0.1, -0.05) is 26.0 Å². The molecule has 5 heteroatoms. The lowest BCUT2D eigenvalue weighted by molar-refractivity contribution is 0.167. The van der Waals surface area contributed by atoms with Gasteiger partial charge in [0.05, 0.1) is 6.54 Å². The molecule has 0 spiro atoms. The molecule has 0 atom stereocenters. The van der Waals surface area contributed by atoms with Gasteiger partial charge in [-0.2, -0.15) is 0 Å². The third-order valence-electron chi connectivity index (χ3n) is 2.79. The second-order valence-electron chi connectivity index (χ2n) is 5.30. The van der Waals surface area contributed by atoms with Crippen LogP contribution in [0.15, 0.2) is 17.1 Å². The zero-order chi connectivity index (χ0) is 12.7. The van der Waals surface area contributed by atoms with E-state index in [1.807, 2.05) is 13.8 Å². The summed E-state index contributed by atoms with van der Waals surface area (Å²) >= 11 is 0. The van der Waals surface area contributed by atoms with E-state index in [9.17, 15) is 5.11 Å². The molecule has 0 aromatic carbocycles. The summed E-state index contributed by atoms with van der Waals surface area (Å²) in [6.07, 6.45) is 6.51. The van der Waals surface area contributed by atoms with E-state index in [0.717, 1.165) is 25.3 Å². The lowest BCUT2D eigenvalue weighted by Crippen LogP contribution is -2.43. The molecular weight excluding hydrogens is 341 g/mol. The van der Waals surface area contributed by atoms with E-state index in [1.165, 1.54) is 0 Å². The molecule has 4 nitrogen and oxygen atoms in total. The van der Waals surface area contributed by atoms with E-state index in [-0.39, 0.29) is 36.0 Å². The van der Waals surface area contributed by atoms with Gasteiger partial charge < -0.3 is 15.7 Å². The first-order valence-corrected chi connectivity index (χ1v) is 6.38. The molecule has 0 bridgehead atoms. The topological polar surface area (TPSA) is 56.7 Å². The summed E-state index contributed by atoms with van der Waals surface area (Å²) in [4.78, 5) is 4.53. The van der Waals surface area contributed by atoms with Crippen molar-refractivity contribution in [3.63, 3.8) is 0 Å². The molecule has 0 unspecified atom stereocenters. The Hall–Kier alpha value is -0.300. The fourth-order valence-corrected chi connectivity index (χ4v) is 1.59. The number of aliphatic hydroxyl groups is 1. The van der Waals surface area contributed by atoms with Crippen molar-refractivity contribution < 1.29 is 5.11 Å². The molecule has 0 fully saturated rings. The van der Waals surface area contributed by atoms with Crippen molar-refractivity contribution in [2.24, 2.45) is 10.4 Å². The van der Waals surface area contributed by atoms with Gasteiger partial charge in [0, 0.05) is 24.6 Å². The summed E-state index contributed by atoms with van der Waals surface area (Å²) in [5, 5.41) is 15.8. The number of guanidine groups is 1. The Bertz CT molecular complexity index is 282. The number of hydrogen-bond acceptors (Lipinski definition) is 2. The van der Waals surface area contributed by atoms with Crippen molar-refractivity contribution in [3.8, 4) is 0 Å². The van der Waals surface area contributed by atoms with Gasteiger partial charge in [0.2, 0.25) is 0 Å². The molecule has 0 saturated heterocycles. The molecule has 0 aromatic heterocycles. The van der Waals surface area contributed by atoms with Gasteiger partial charge in [-0.25, -0.2) is 0 Å². The van der Waals surface area contributed by atoms with Crippen LogP contribution in [0.4, 0.5) is 0 Å². The summed E-state index contributed by atoms with van der Waals surface area (Å²) in [7, 11) is 0. The summed E-state index contributed by atoms with van der Waals surface area (Å²) in [6.45, 7) is 7.71. The van der Waals surface area contributed by atoms with Crippen molar-refractivity contribution >= 4 is 29.9 Å². The highest BCUT2D eigenvalue weighted by molar-refractivity contribution is 14.0. The smallest absolute Gasteiger partial charge is 0.191 e. The Morgan fingerprint density at radius 3 is 2.50 bits per heavy atom. The number of halogens is 1. The van der Waals surface area contributed by atoms with E-state index in [2.05, 4.69) is 34.7 Å². The Balaban J connectivity index is 0.00000289. The van der Waals surface area contributed by atoms with Crippen LogP contribution in [0.1, 0.15) is 33.6 Å². The molecular formula is C13H26IN3O. The molecule has 0 saturated carbocycles. The third kappa shape index (κ3) is 6.58. The fraction of sp³-hybridized carbons (Fsp3) is 0.769. The van der Waals surface area contributed by atoms with E-state index in [1.54, 1.807) is 0 Å². The van der Waals surface area contributed by atoms with Crippen LogP contribution in [0, 0.1) is 5.41 Å². The summed E-state index contributed by atoms with van der Waals surface area (Å²) in [6, 6.07) is 0.463. The van der Waals surface area contributed by atoms with Gasteiger partial charge in [0.1, 0.15) is 0 Å². The zero-order valence-electron chi connectivity index (χ0n) is 11.6. The minimum atomic E-state index is -0.156. The van der Waals surface area contributed by atoms with Crippen molar-refractivity contribution in [2.75, 3.05) is 19.7 Å². The van der Waals surface area contributed by atoms with Crippen molar-refractivity contribution in [3.05, 3.63) is 12.2 Å². The van der Waals surface area contributed by atoms with Crippen LogP contribution >= 0.6 is 24.0 Å².